The van der Waals surface area contributed by atoms with Crippen LogP contribution in [0.25, 0.3) is 0 Å². The number of carbonyl (C=O) groups is 1. The zero-order valence-corrected chi connectivity index (χ0v) is 11.8. The molecule has 0 aromatic carbocycles. The summed E-state index contributed by atoms with van der Waals surface area (Å²) in [7, 11) is 0. The zero-order chi connectivity index (χ0) is 12.8. The van der Waals surface area contributed by atoms with E-state index in [2.05, 4.69) is 26.5 Å². The monoisotopic (exact) mass is 324 g/mol. The largest absolute Gasteiger partial charge is 0.305 e. The van der Waals surface area contributed by atoms with Crippen LogP contribution in [0, 0.1) is 0 Å². The number of nitrogens with one attached hydrogen (secondary N) is 1. The highest BCUT2D eigenvalue weighted by atomic mass is 79.9. The maximum Gasteiger partial charge on any atom is 0.305 e. The van der Waals surface area contributed by atoms with Gasteiger partial charge in [0, 0.05) is 17.0 Å². The lowest BCUT2D eigenvalue weighted by Crippen LogP contribution is -2.40. The summed E-state index contributed by atoms with van der Waals surface area (Å²) in [5.41, 5.74) is 2.49. The highest BCUT2D eigenvalue weighted by Crippen LogP contribution is 2.20. The third-order valence-corrected chi connectivity index (χ3v) is 3.64. The zero-order valence-electron chi connectivity index (χ0n) is 9.41. The van der Waals surface area contributed by atoms with Gasteiger partial charge in [-0.25, -0.2) is 5.43 Å². The van der Waals surface area contributed by atoms with Gasteiger partial charge in [-0.1, -0.05) is 6.07 Å². The van der Waals surface area contributed by atoms with Crippen molar-refractivity contribution in [3.8, 4) is 0 Å². The van der Waals surface area contributed by atoms with Crippen LogP contribution in [0.2, 0.25) is 0 Å². The van der Waals surface area contributed by atoms with Crippen molar-refractivity contribution in [3.63, 3.8) is 0 Å². The van der Waals surface area contributed by atoms with Gasteiger partial charge in [0.1, 0.15) is 0 Å². The summed E-state index contributed by atoms with van der Waals surface area (Å²) in [5, 5.41) is 3.90. The number of amides is 1. The predicted octanol–water partition coefficient (Wildman–Crippen LogP) is 1.95. The van der Waals surface area contributed by atoms with Crippen LogP contribution in [0.5, 0.6) is 0 Å². The van der Waals surface area contributed by atoms with Crippen molar-refractivity contribution in [2.45, 2.75) is 6.54 Å². The van der Waals surface area contributed by atoms with Gasteiger partial charge in [-0.05, 0) is 28.1 Å². The molecule has 0 bridgehead atoms. The average molecular weight is 325 g/mol. The normalized spacial score (nSPS) is 10.7. The van der Waals surface area contributed by atoms with Crippen molar-refractivity contribution in [2.75, 3.05) is 0 Å². The molecule has 0 aliphatic heterocycles. The van der Waals surface area contributed by atoms with Crippen molar-refractivity contribution in [1.82, 2.24) is 5.43 Å². The SMILES string of the molecule is O=C(C[n+]1ccccc1)N/N=C/c1ccc(Br)s1. The van der Waals surface area contributed by atoms with Crippen LogP contribution in [0.15, 0.2) is 51.6 Å². The topological polar surface area (TPSA) is 45.3 Å². The quantitative estimate of drug-likeness (QED) is 0.521. The van der Waals surface area contributed by atoms with Crippen molar-refractivity contribution in [1.29, 1.82) is 0 Å². The Morgan fingerprint density at radius 2 is 2.17 bits per heavy atom. The molecule has 18 heavy (non-hydrogen) atoms. The minimum Gasteiger partial charge on any atom is -0.266 e. The van der Waals surface area contributed by atoms with E-state index >= 15 is 0 Å². The van der Waals surface area contributed by atoms with Crippen molar-refractivity contribution in [2.24, 2.45) is 5.10 Å². The average Bonchev–Trinajstić information content (AvgIpc) is 2.76. The highest BCUT2D eigenvalue weighted by Gasteiger charge is 2.06. The lowest BCUT2D eigenvalue weighted by Gasteiger charge is -1.95. The van der Waals surface area contributed by atoms with Gasteiger partial charge in [0.2, 0.25) is 6.54 Å². The first-order chi connectivity index (χ1) is 8.74. The second-order valence-electron chi connectivity index (χ2n) is 3.48. The van der Waals surface area contributed by atoms with Crippen molar-refractivity contribution < 1.29 is 9.36 Å². The third-order valence-electron chi connectivity index (χ3n) is 2.08. The van der Waals surface area contributed by atoms with E-state index < -0.39 is 0 Å². The van der Waals surface area contributed by atoms with Crippen molar-refractivity contribution >= 4 is 39.4 Å². The molecule has 0 spiro atoms. The number of hydrazone groups is 1. The lowest BCUT2D eigenvalue weighted by molar-refractivity contribution is -0.684. The molecule has 0 aliphatic carbocycles. The molecule has 2 heterocycles. The number of rotatable bonds is 4. The Hall–Kier alpha value is -1.53. The standard InChI is InChI=1S/C12H10BrN3OS/c13-11-5-4-10(18-11)8-14-15-12(17)9-16-6-2-1-3-7-16/h1-8H,9H2/p+1/b14-8+. The second-order valence-corrected chi connectivity index (χ2v) is 5.98. The van der Waals surface area contributed by atoms with E-state index in [4.69, 9.17) is 0 Å². The van der Waals surface area contributed by atoms with E-state index in [1.165, 1.54) is 0 Å². The summed E-state index contributed by atoms with van der Waals surface area (Å²) in [6.45, 7) is 0.256. The van der Waals surface area contributed by atoms with Gasteiger partial charge in [-0.3, -0.25) is 4.79 Å². The fourth-order valence-corrected chi connectivity index (χ4v) is 2.60. The van der Waals surface area contributed by atoms with Crippen LogP contribution in [-0.2, 0) is 11.3 Å². The fraction of sp³-hybridized carbons (Fsp3) is 0.0833. The highest BCUT2D eigenvalue weighted by molar-refractivity contribution is 9.11. The van der Waals surface area contributed by atoms with Crippen LogP contribution in [0.1, 0.15) is 4.88 Å². The smallest absolute Gasteiger partial charge is 0.266 e. The molecule has 6 heteroatoms. The number of halogens is 1. The molecule has 2 rings (SSSR count). The van der Waals surface area contributed by atoms with Gasteiger partial charge in [0.15, 0.2) is 12.4 Å². The van der Waals surface area contributed by atoms with Gasteiger partial charge in [0.25, 0.3) is 0 Å². The summed E-state index contributed by atoms with van der Waals surface area (Å²) >= 11 is 4.92. The molecule has 4 nitrogen and oxygen atoms in total. The van der Waals surface area contributed by atoms with E-state index in [-0.39, 0.29) is 12.5 Å². The van der Waals surface area contributed by atoms with Crippen LogP contribution in [0.4, 0.5) is 0 Å². The van der Waals surface area contributed by atoms with Crippen LogP contribution >= 0.6 is 27.3 Å². The summed E-state index contributed by atoms with van der Waals surface area (Å²) < 4.78 is 2.82. The predicted molar refractivity (Wildman–Crippen MR) is 74.4 cm³/mol. The second kappa shape index (κ2) is 6.42. The maximum absolute atomic E-state index is 11.6. The Bertz CT molecular complexity index is 553. The Kier molecular flexibility index (Phi) is 4.60. The number of thiophene rings is 1. The number of carbonyl (C=O) groups excluding carboxylic acids is 1. The van der Waals surface area contributed by atoms with Gasteiger partial charge >= 0.3 is 5.91 Å². The Morgan fingerprint density at radius 1 is 1.39 bits per heavy atom. The molecule has 2 aromatic heterocycles. The van der Waals surface area contributed by atoms with Crippen LogP contribution < -0.4 is 9.99 Å². The van der Waals surface area contributed by atoms with Gasteiger partial charge in [-0.2, -0.15) is 9.67 Å². The third kappa shape index (κ3) is 4.05. The number of nitrogens with zero attached hydrogens (tertiary/aromatic N) is 2. The molecule has 92 valence electrons. The molecule has 1 amide bonds. The number of aromatic nitrogens is 1. The number of hydrogen-bond acceptors (Lipinski definition) is 3. The molecule has 0 radical (unpaired) electrons. The molecule has 0 unspecified atom stereocenters. The molecule has 0 atom stereocenters. The van der Waals surface area contributed by atoms with E-state index in [9.17, 15) is 4.79 Å². The molecular weight excluding hydrogens is 314 g/mol. The van der Waals surface area contributed by atoms with Crippen molar-refractivity contribution in [3.05, 3.63) is 51.4 Å². The lowest BCUT2D eigenvalue weighted by atomic mass is 10.4. The minimum absolute atomic E-state index is 0.155. The van der Waals surface area contributed by atoms with E-state index in [0.29, 0.717) is 0 Å². The summed E-state index contributed by atoms with van der Waals surface area (Å²) in [4.78, 5) is 12.5. The summed E-state index contributed by atoms with van der Waals surface area (Å²) in [6, 6.07) is 9.52. The Labute approximate surface area is 117 Å². The molecule has 0 saturated heterocycles. The van der Waals surface area contributed by atoms with Gasteiger partial charge in [-0.15, -0.1) is 11.3 Å². The van der Waals surface area contributed by atoms with E-state index in [0.717, 1.165) is 8.66 Å². The van der Waals surface area contributed by atoms with Gasteiger partial charge in [0.05, 0.1) is 10.0 Å². The molecule has 1 N–H and O–H groups in total. The van der Waals surface area contributed by atoms with Gasteiger partial charge < -0.3 is 0 Å². The molecule has 2 aromatic rings. The van der Waals surface area contributed by atoms with E-state index in [1.807, 2.05) is 42.7 Å². The fourth-order valence-electron chi connectivity index (χ4n) is 1.31. The first kappa shape index (κ1) is 12.9. The summed E-state index contributed by atoms with van der Waals surface area (Å²) in [5.74, 6) is -0.155. The summed E-state index contributed by atoms with van der Waals surface area (Å²) in [6.07, 6.45) is 5.29. The molecule has 0 fully saturated rings. The van der Waals surface area contributed by atoms with Crippen LogP contribution in [-0.4, -0.2) is 12.1 Å². The first-order valence-corrected chi connectivity index (χ1v) is 6.86. The van der Waals surface area contributed by atoms with E-state index in [1.54, 1.807) is 22.1 Å². The first-order valence-electron chi connectivity index (χ1n) is 5.25. The molecular formula is C12H11BrN3OS+. The Morgan fingerprint density at radius 3 is 2.83 bits per heavy atom. The van der Waals surface area contributed by atoms with Crippen LogP contribution in [0.3, 0.4) is 0 Å². The Balaban J connectivity index is 1.83. The number of pyridine rings is 1. The number of hydrogen-bond donors (Lipinski definition) is 1. The maximum atomic E-state index is 11.6. The minimum atomic E-state index is -0.155. The molecule has 0 saturated carbocycles. The molecule has 0 aliphatic rings.